The van der Waals surface area contributed by atoms with Crippen LogP contribution in [0.15, 0.2) is 41.3 Å². The summed E-state index contributed by atoms with van der Waals surface area (Å²) in [6.07, 6.45) is 1.19. The lowest BCUT2D eigenvalue weighted by molar-refractivity contribution is -0.120. The number of fused-ring (bicyclic) bond motifs is 1. The lowest BCUT2D eigenvalue weighted by atomic mass is 9.98. The van der Waals surface area contributed by atoms with E-state index >= 15 is 0 Å². The standard InChI is InChI=1S/C20H21ClN2O6S/c1-27-17-7-5-15(10-16(17)21)30(25,26)23-8-2-3-13(11-23)20(24)22-14-4-6-18-19(9-14)29-12-28-18/h4-7,9-10,13H,2-3,8,11-12H2,1H3,(H,22,24)/t13-/m0/s1. The van der Waals surface area contributed by atoms with Crippen LogP contribution in [0.4, 0.5) is 5.69 Å². The predicted molar refractivity (Wildman–Crippen MR) is 111 cm³/mol. The maximum Gasteiger partial charge on any atom is 0.243 e. The molecule has 1 N–H and O–H groups in total. The molecule has 0 radical (unpaired) electrons. The zero-order chi connectivity index (χ0) is 21.3. The van der Waals surface area contributed by atoms with Crippen molar-refractivity contribution in [3.63, 3.8) is 0 Å². The van der Waals surface area contributed by atoms with Gasteiger partial charge in [0.05, 0.1) is 22.9 Å². The summed E-state index contributed by atoms with van der Waals surface area (Å²) in [6, 6.07) is 9.48. The SMILES string of the molecule is COc1ccc(S(=O)(=O)N2CCC[C@H](C(=O)Nc3ccc4c(c3)OCO4)C2)cc1Cl. The van der Waals surface area contributed by atoms with Crippen molar-refractivity contribution in [3.8, 4) is 17.2 Å². The van der Waals surface area contributed by atoms with Crippen molar-refractivity contribution in [2.24, 2.45) is 5.92 Å². The topological polar surface area (TPSA) is 94.2 Å². The highest BCUT2D eigenvalue weighted by atomic mass is 35.5. The molecule has 0 spiro atoms. The highest BCUT2D eigenvalue weighted by molar-refractivity contribution is 7.89. The molecule has 0 unspecified atom stereocenters. The van der Waals surface area contributed by atoms with Crippen LogP contribution in [-0.2, 0) is 14.8 Å². The third-order valence-electron chi connectivity index (χ3n) is 5.16. The van der Waals surface area contributed by atoms with Crippen molar-refractivity contribution in [1.82, 2.24) is 4.31 Å². The van der Waals surface area contributed by atoms with Crippen molar-refractivity contribution in [2.75, 3.05) is 32.3 Å². The molecular formula is C20H21ClN2O6S. The van der Waals surface area contributed by atoms with Gasteiger partial charge in [-0.3, -0.25) is 4.79 Å². The molecule has 10 heteroatoms. The van der Waals surface area contributed by atoms with Crippen molar-refractivity contribution >= 4 is 33.2 Å². The van der Waals surface area contributed by atoms with E-state index in [1.165, 1.54) is 29.6 Å². The summed E-state index contributed by atoms with van der Waals surface area (Å²) in [6.45, 7) is 0.597. The van der Waals surface area contributed by atoms with Crippen LogP contribution in [-0.4, -0.2) is 45.6 Å². The largest absolute Gasteiger partial charge is 0.495 e. The van der Waals surface area contributed by atoms with E-state index in [4.69, 9.17) is 25.8 Å². The summed E-state index contributed by atoms with van der Waals surface area (Å²) in [5.74, 6) is 0.891. The summed E-state index contributed by atoms with van der Waals surface area (Å²) in [5.41, 5.74) is 0.575. The average Bonchev–Trinajstić information content (AvgIpc) is 3.21. The highest BCUT2D eigenvalue weighted by Gasteiger charge is 2.33. The second-order valence-corrected chi connectivity index (χ2v) is 9.40. The first-order valence-electron chi connectivity index (χ1n) is 9.42. The second-order valence-electron chi connectivity index (χ2n) is 7.06. The van der Waals surface area contributed by atoms with Crippen LogP contribution in [0.1, 0.15) is 12.8 Å². The monoisotopic (exact) mass is 452 g/mol. The average molecular weight is 453 g/mol. The van der Waals surface area contributed by atoms with Crippen molar-refractivity contribution in [1.29, 1.82) is 0 Å². The zero-order valence-corrected chi connectivity index (χ0v) is 17.8. The lowest BCUT2D eigenvalue weighted by Crippen LogP contribution is -2.43. The van der Waals surface area contributed by atoms with Crippen LogP contribution in [0.5, 0.6) is 17.2 Å². The number of hydrogen-bond donors (Lipinski definition) is 1. The molecule has 4 rings (SSSR count). The normalized spacial score (nSPS) is 18.8. The molecule has 30 heavy (non-hydrogen) atoms. The van der Waals surface area contributed by atoms with E-state index < -0.39 is 15.9 Å². The fraction of sp³-hybridized carbons (Fsp3) is 0.350. The van der Waals surface area contributed by atoms with Gasteiger partial charge in [0.1, 0.15) is 5.75 Å². The van der Waals surface area contributed by atoms with E-state index in [1.807, 2.05) is 0 Å². The number of hydrogen-bond acceptors (Lipinski definition) is 6. The first-order chi connectivity index (χ1) is 14.4. The number of benzene rings is 2. The Morgan fingerprint density at radius 1 is 1.20 bits per heavy atom. The van der Waals surface area contributed by atoms with Gasteiger partial charge in [-0.2, -0.15) is 4.31 Å². The van der Waals surface area contributed by atoms with Crippen molar-refractivity contribution in [2.45, 2.75) is 17.7 Å². The van der Waals surface area contributed by atoms with E-state index in [2.05, 4.69) is 5.32 Å². The molecule has 1 saturated heterocycles. The molecule has 1 fully saturated rings. The number of halogens is 1. The van der Waals surface area contributed by atoms with Gasteiger partial charge in [0.15, 0.2) is 11.5 Å². The van der Waals surface area contributed by atoms with Crippen LogP contribution in [0.25, 0.3) is 0 Å². The first kappa shape index (κ1) is 20.8. The molecule has 2 aliphatic rings. The maximum absolute atomic E-state index is 13.1. The summed E-state index contributed by atoms with van der Waals surface area (Å²) in [7, 11) is -2.32. The summed E-state index contributed by atoms with van der Waals surface area (Å²) >= 11 is 6.09. The number of carbonyl (C=O) groups is 1. The Morgan fingerprint density at radius 2 is 2.00 bits per heavy atom. The Bertz CT molecular complexity index is 1070. The number of methoxy groups -OCH3 is 1. The molecule has 160 valence electrons. The van der Waals surface area contributed by atoms with Crippen LogP contribution in [0.3, 0.4) is 0 Å². The van der Waals surface area contributed by atoms with Crippen LogP contribution in [0.2, 0.25) is 5.02 Å². The number of nitrogens with zero attached hydrogens (tertiary/aromatic N) is 1. The molecular weight excluding hydrogens is 432 g/mol. The molecule has 1 amide bonds. The number of sulfonamides is 1. The molecule has 2 heterocycles. The Kier molecular flexibility index (Phi) is 5.77. The number of amides is 1. The van der Waals surface area contributed by atoms with Gasteiger partial charge in [-0.1, -0.05) is 11.6 Å². The lowest BCUT2D eigenvalue weighted by Gasteiger charge is -2.31. The Hall–Kier alpha value is -2.49. The summed E-state index contributed by atoms with van der Waals surface area (Å²) in [4.78, 5) is 12.8. The van der Waals surface area contributed by atoms with E-state index in [0.717, 1.165) is 0 Å². The number of ether oxygens (including phenoxy) is 3. The van der Waals surface area contributed by atoms with Gasteiger partial charge in [0.2, 0.25) is 22.7 Å². The minimum Gasteiger partial charge on any atom is -0.495 e. The third-order valence-corrected chi connectivity index (χ3v) is 7.31. The first-order valence-corrected chi connectivity index (χ1v) is 11.2. The van der Waals surface area contributed by atoms with Gasteiger partial charge < -0.3 is 19.5 Å². The van der Waals surface area contributed by atoms with Crippen LogP contribution >= 0.6 is 11.6 Å². The minimum absolute atomic E-state index is 0.0742. The van der Waals surface area contributed by atoms with Gasteiger partial charge in [0.25, 0.3) is 0 Å². The molecule has 8 nitrogen and oxygen atoms in total. The van der Waals surface area contributed by atoms with Gasteiger partial charge in [-0.15, -0.1) is 0 Å². The fourth-order valence-corrected chi connectivity index (χ4v) is 5.42. The number of nitrogens with one attached hydrogen (secondary N) is 1. The van der Waals surface area contributed by atoms with Crippen molar-refractivity contribution < 1.29 is 27.4 Å². The highest BCUT2D eigenvalue weighted by Crippen LogP contribution is 2.35. The molecule has 2 aliphatic heterocycles. The molecule has 1 atom stereocenters. The van der Waals surface area contributed by atoms with Gasteiger partial charge in [0, 0.05) is 24.8 Å². The molecule has 0 aromatic heterocycles. The Balaban J connectivity index is 1.47. The number of rotatable bonds is 5. The number of anilines is 1. The summed E-state index contributed by atoms with van der Waals surface area (Å²) in [5, 5.41) is 3.06. The Morgan fingerprint density at radius 3 is 2.77 bits per heavy atom. The fourth-order valence-electron chi connectivity index (χ4n) is 3.55. The molecule has 2 aromatic rings. The van der Waals surface area contributed by atoms with Gasteiger partial charge in [-0.25, -0.2) is 8.42 Å². The Labute approximate surface area is 179 Å². The minimum atomic E-state index is -3.78. The van der Waals surface area contributed by atoms with E-state index in [0.29, 0.717) is 42.3 Å². The molecule has 0 aliphatic carbocycles. The number of carbonyl (C=O) groups excluding carboxylic acids is 1. The van der Waals surface area contributed by atoms with Gasteiger partial charge >= 0.3 is 0 Å². The molecule has 0 saturated carbocycles. The third kappa shape index (κ3) is 4.05. The predicted octanol–water partition coefficient (Wildman–Crippen LogP) is 3.12. The second kappa shape index (κ2) is 8.33. The van der Waals surface area contributed by atoms with E-state index in [-0.39, 0.29) is 29.2 Å². The van der Waals surface area contributed by atoms with E-state index in [1.54, 1.807) is 18.2 Å². The van der Waals surface area contributed by atoms with Crippen LogP contribution in [0, 0.1) is 5.92 Å². The van der Waals surface area contributed by atoms with E-state index in [9.17, 15) is 13.2 Å². The summed E-state index contributed by atoms with van der Waals surface area (Å²) < 4.78 is 43.1. The smallest absolute Gasteiger partial charge is 0.243 e. The molecule has 2 aromatic carbocycles. The molecule has 0 bridgehead atoms. The van der Waals surface area contributed by atoms with Crippen molar-refractivity contribution in [3.05, 3.63) is 41.4 Å². The van der Waals surface area contributed by atoms with Crippen LogP contribution < -0.4 is 19.5 Å². The maximum atomic E-state index is 13.1. The van der Waals surface area contributed by atoms with Gasteiger partial charge in [-0.05, 0) is 43.2 Å². The number of piperidine rings is 1. The quantitative estimate of drug-likeness (QED) is 0.749. The zero-order valence-electron chi connectivity index (χ0n) is 16.3.